The van der Waals surface area contributed by atoms with Crippen molar-refractivity contribution in [3.05, 3.63) is 126 Å². The average molecular weight is 536 g/mol. The van der Waals surface area contributed by atoms with Gasteiger partial charge >= 0.3 is 193 Å². The Kier molecular flexibility index (Phi) is 5.29. The molecule has 0 saturated heterocycles. The summed E-state index contributed by atoms with van der Waals surface area (Å²) in [5, 5.41) is 2.62. The third-order valence-corrected chi connectivity index (χ3v) is 17.5. The van der Waals surface area contributed by atoms with Crippen molar-refractivity contribution in [2.45, 2.75) is 6.16 Å². The number of halogens is 1. The van der Waals surface area contributed by atoms with Gasteiger partial charge in [0.1, 0.15) is 0 Å². The number of benzene rings is 4. The summed E-state index contributed by atoms with van der Waals surface area (Å²) in [7, 11) is 0. The molecule has 5 rings (SSSR count). The van der Waals surface area contributed by atoms with Crippen LogP contribution in [0.25, 0.3) is 9.65 Å². The van der Waals surface area contributed by atoms with Gasteiger partial charge in [-0.2, -0.15) is 0 Å². The van der Waals surface area contributed by atoms with E-state index in [1.807, 2.05) is 0 Å². The predicted octanol–water partition coefficient (Wildman–Crippen LogP) is 6.24. The van der Waals surface area contributed by atoms with Gasteiger partial charge < -0.3 is 0 Å². The molecule has 0 atom stereocenters. The summed E-state index contributed by atoms with van der Waals surface area (Å²) in [6, 6.07) is 42.1. The fraction of sp³-hybridized carbons (Fsp3) is 0.0370. The van der Waals surface area contributed by atoms with Crippen LogP contribution in [0.1, 0.15) is 5.56 Å². The van der Waals surface area contributed by atoms with Crippen LogP contribution in [0.3, 0.4) is 0 Å². The Morgan fingerprint density at radius 3 is 1.50 bits per heavy atom. The molecule has 0 bridgehead atoms. The van der Waals surface area contributed by atoms with Gasteiger partial charge in [0.2, 0.25) is 0 Å². The van der Waals surface area contributed by atoms with Crippen molar-refractivity contribution in [3.63, 3.8) is 0 Å². The van der Waals surface area contributed by atoms with Gasteiger partial charge in [0, 0.05) is 0 Å². The molecular formula is C27H22BrPSe. The average Bonchev–Trinajstić information content (AvgIpc) is 3.23. The number of fused-ring (bicyclic) bond motifs is 1. The van der Waals surface area contributed by atoms with Gasteiger partial charge in [0.15, 0.2) is 0 Å². The molecule has 4 aromatic carbocycles. The van der Waals surface area contributed by atoms with Gasteiger partial charge in [-0.3, -0.25) is 0 Å². The molecule has 0 unspecified atom stereocenters. The second kappa shape index (κ2) is 7.95. The van der Waals surface area contributed by atoms with Gasteiger partial charge in [0.05, 0.1) is 0 Å². The zero-order valence-electron chi connectivity index (χ0n) is 16.5. The summed E-state index contributed by atoms with van der Waals surface area (Å²) in [6.45, 7) is 0. The van der Waals surface area contributed by atoms with Crippen LogP contribution in [0.4, 0.5) is 0 Å². The summed E-state index contributed by atoms with van der Waals surface area (Å²) in [5.41, 5.74) is 1.47. The molecule has 0 aliphatic rings. The standard InChI is InChI=1S/C27H22BrPSe/c28-29(23-12-4-1-5-13-23,24-14-6-2-7-15-24,25-16-8-3-9-17-25)20-22-21-30-27-19-11-10-18-26(22)27/h1-19,21H,20H2. The molecule has 30 heavy (non-hydrogen) atoms. The normalized spacial score (nSPS) is 13.0. The first-order valence-corrected chi connectivity index (χ1v) is 16.3. The fourth-order valence-electron chi connectivity index (χ4n) is 4.41. The molecule has 148 valence electrons. The van der Waals surface area contributed by atoms with E-state index < -0.39 is 5.31 Å². The Bertz CT molecular complexity index is 1180. The van der Waals surface area contributed by atoms with Crippen molar-refractivity contribution in [1.29, 1.82) is 0 Å². The summed E-state index contributed by atoms with van der Waals surface area (Å²) < 4.78 is 1.49. The fourth-order valence-corrected chi connectivity index (χ4v) is 14.4. The molecule has 5 aromatic rings. The summed E-state index contributed by atoms with van der Waals surface area (Å²) >= 11 is 4.98. The van der Waals surface area contributed by atoms with Crippen LogP contribution >= 0.6 is 20.8 Å². The molecule has 0 fully saturated rings. The van der Waals surface area contributed by atoms with Crippen molar-refractivity contribution in [3.8, 4) is 0 Å². The molecule has 0 saturated carbocycles. The number of hydrogen-bond acceptors (Lipinski definition) is 0. The van der Waals surface area contributed by atoms with E-state index >= 15 is 0 Å². The van der Waals surface area contributed by atoms with E-state index in [0.717, 1.165) is 6.16 Å². The molecular weight excluding hydrogens is 514 g/mol. The molecule has 3 heteroatoms. The molecule has 1 heterocycles. The number of rotatable bonds is 5. The van der Waals surface area contributed by atoms with Crippen LogP contribution in [-0.4, -0.2) is 14.5 Å². The molecule has 0 nitrogen and oxygen atoms in total. The molecule has 0 amide bonds. The zero-order valence-corrected chi connectivity index (χ0v) is 20.7. The van der Waals surface area contributed by atoms with Crippen molar-refractivity contribution in [1.82, 2.24) is 0 Å². The minimum absolute atomic E-state index is 0.401. The molecule has 0 radical (unpaired) electrons. The molecule has 1 aromatic heterocycles. The Morgan fingerprint density at radius 2 is 1.00 bits per heavy atom. The van der Waals surface area contributed by atoms with E-state index in [1.54, 1.807) is 0 Å². The van der Waals surface area contributed by atoms with Crippen LogP contribution in [0.2, 0.25) is 0 Å². The molecule has 0 aliphatic heterocycles. The third kappa shape index (κ3) is 3.15. The van der Waals surface area contributed by atoms with Crippen LogP contribution in [0, 0.1) is 0 Å². The quantitative estimate of drug-likeness (QED) is 0.185. The van der Waals surface area contributed by atoms with E-state index in [0.29, 0.717) is 14.5 Å². The van der Waals surface area contributed by atoms with Gasteiger partial charge in [-0.1, -0.05) is 0 Å². The van der Waals surface area contributed by atoms with Gasteiger partial charge in [0.25, 0.3) is 0 Å². The third-order valence-electron chi connectivity index (χ3n) is 5.91. The molecule has 0 aliphatic carbocycles. The Labute approximate surface area is 192 Å². The first-order valence-electron chi connectivity index (χ1n) is 10.0. The van der Waals surface area contributed by atoms with E-state index in [2.05, 4.69) is 136 Å². The van der Waals surface area contributed by atoms with Crippen LogP contribution in [0.5, 0.6) is 0 Å². The van der Waals surface area contributed by atoms with E-state index in [-0.39, 0.29) is 0 Å². The SMILES string of the molecule is BrP(Cc1c[se]c2ccccc12)(c1ccccc1)(c1ccccc1)c1ccccc1. The maximum atomic E-state index is 4.58. The second-order valence-electron chi connectivity index (χ2n) is 7.60. The first kappa shape index (κ1) is 20.0. The van der Waals surface area contributed by atoms with Crippen molar-refractivity contribution < 1.29 is 0 Å². The van der Waals surface area contributed by atoms with Crippen molar-refractivity contribution >= 4 is 60.9 Å². The van der Waals surface area contributed by atoms with E-state index in [9.17, 15) is 0 Å². The van der Waals surface area contributed by atoms with Crippen LogP contribution in [0.15, 0.2) is 120 Å². The summed E-state index contributed by atoms with van der Waals surface area (Å²) in [5.74, 6) is 0. The molecule has 0 N–H and O–H groups in total. The van der Waals surface area contributed by atoms with Crippen LogP contribution in [-0.2, 0) is 6.16 Å². The van der Waals surface area contributed by atoms with Gasteiger partial charge in [-0.25, -0.2) is 0 Å². The Hall–Kier alpha value is -1.95. The summed E-state index contributed by atoms with van der Waals surface area (Å²) in [6.07, 6.45) is 0.975. The minimum atomic E-state index is -2.92. The van der Waals surface area contributed by atoms with Crippen molar-refractivity contribution in [2.24, 2.45) is 0 Å². The second-order valence-corrected chi connectivity index (χ2v) is 18.4. The zero-order chi connectivity index (χ0) is 20.5. The Balaban J connectivity index is 1.88. The Morgan fingerprint density at radius 1 is 0.567 bits per heavy atom. The van der Waals surface area contributed by atoms with E-state index in [1.165, 1.54) is 31.1 Å². The first-order chi connectivity index (χ1) is 14.7. The predicted molar refractivity (Wildman–Crippen MR) is 139 cm³/mol. The maximum absolute atomic E-state index is 4.58. The molecule has 0 spiro atoms. The van der Waals surface area contributed by atoms with E-state index in [4.69, 9.17) is 0 Å². The van der Waals surface area contributed by atoms with Crippen LogP contribution < -0.4 is 15.9 Å². The van der Waals surface area contributed by atoms with Crippen molar-refractivity contribution in [2.75, 3.05) is 0 Å². The summed E-state index contributed by atoms with van der Waals surface area (Å²) in [4.78, 5) is 2.50. The van der Waals surface area contributed by atoms with Gasteiger partial charge in [-0.05, 0) is 0 Å². The van der Waals surface area contributed by atoms with Gasteiger partial charge in [-0.15, -0.1) is 0 Å². The topological polar surface area (TPSA) is 0 Å². The monoisotopic (exact) mass is 536 g/mol. The number of hydrogen-bond donors (Lipinski definition) is 0.